The first-order valence-electron chi connectivity index (χ1n) is 19.5. The highest BCUT2D eigenvalue weighted by Gasteiger charge is 2.51. The van der Waals surface area contributed by atoms with Crippen LogP contribution in [0.2, 0.25) is 6.04 Å². The first-order valence-corrected chi connectivity index (χ1v) is 28.9. The Morgan fingerprint density at radius 3 is 1.50 bits per heavy atom. The molecule has 2 aromatic heterocycles. The van der Waals surface area contributed by atoms with Gasteiger partial charge in [0.2, 0.25) is 9.76 Å². The van der Waals surface area contributed by atoms with Gasteiger partial charge in [0.1, 0.15) is 0 Å². The van der Waals surface area contributed by atoms with Crippen LogP contribution in [-0.4, -0.2) is 100 Å². The Morgan fingerprint density at radius 1 is 0.533 bits per heavy atom. The van der Waals surface area contributed by atoms with Gasteiger partial charge in [0.25, 0.3) is 0 Å². The molecular formula is C42H46N2O10SSi5. The third-order valence-electron chi connectivity index (χ3n) is 10.0. The molecule has 0 saturated heterocycles. The lowest BCUT2D eigenvalue weighted by Gasteiger charge is -2.30. The van der Waals surface area contributed by atoms with Crippen LogP contribution < -0.4 is 20.7 Å². The van der Waals surface area contributed by atoms with Gasteiger partial charge in [0, 0.05) is 33.1 Å². The van der Waals surface area contributed by atoms with Crippen molar-refractivity contribution in [2.45, 2.75) is 38.7 Å². The van der Waals surface area contributed by atoms with Crippen molar-refractivity contribution in [1.82, 2.24) is 9.97 Å². The summed E-state index contributed by atoms with van der Waals surface area (Å²) in [5, 5.41) is 0.415. The minimum Gasteiger partial charge on any atom is -0.412 e. The van der Waals surface area contributed by atoms with Gasteiger partial charge in [-0.2, -0.15) is 11.8 Å². The number of nitrogens with zero attached hydrogens (tertiary/aromatic N) is 2. The van der Waals surface area contributed by atoms with Crippen molar-refractivity contribution < 1.29 is 45.9 Å². The van der Waals surface area contributed by atoms with E-state index in [1.165, 1.54) is 42.0 Å². The highest BCUT2D eigenvalue weighted by atomic mass is 32.2. The summed E-state index contributed by atoms with van der Waals surface area (Å²) >= 11 is 1.87. The summed E-state index contributed by atoms with van der Waals surface area (Å²) in [6, 6.07) is 34.2. The van der Waals surface area contributed by atoms with Crippen LogP contribution >= 0.6 is 11.8 Å². The molecule has 12 nitrogen and oxygen atoms in total. The zero-order valence-corrected chi connectivity index (χ0v) is 38.6. The highest BCUT2D eigenvalue weighted by molar-refractivity contribution is 7.99. The van der Waals surface area contributed by atoms with Gasteiger partial charge in [-0.15, -0.1) is 0 Å². The molecule has 0 fully saturated rings. The second-order valence-electron chi connectivity index (χ2n) is 14.6. The Bertz CT molecular complexity index is 2360. The van der Waals surface area contributed by atoms with Crippen molar-refractivity contribution in [1.29, 1.82) is 0 Å². The molecule has 18 heteroatoms. The smallest absolute Gasteiger partial charge is 0.412 e. The zero-order valence-electron chi connectivity index (χ0n) is 32.8. The molecule has 0 saturated carbocycles. The molecule has 13 rings (SSSR count). The predicted octanol–water partition coefficient (Wildman–Crippen LogP) is 2.26. The molecule has 7 N–H and O–H groups in total. The molecule has 60 heavy (non-hydrogen) atoms. The van der Waals surface area contributed by atoms with E-state index < -0.39 is 35.2 Å². The van der Waals surface area contributed by atoms with Crippen molar-refractivity contribution in [2.24, 2.45) is 0 Å². The lowest BCUT2D eigenvalue weighted by molar-refractivity contribution is 0.178. The summed E-state index contributed by atoms with van der Waals surface area (Å²) in [4.78, 5) is 87.4. The van der Waals surface area contributed by atoms with Crippen LogP contribution in [0.4, 0.5) is 0 Å². The van der Waals surface area contributed by atoms with Crippen molar-refractivity contribution >= 4 is 77.5 Å². The molecule has 0 aliphatic carbocycles. The van der Waals surface area contributed by atoms with Gasteiger partial charge in [-0.25, -0.2) is 0 Å². The molecule has 7 aliphatic heterocycles. The van der Waals surface area contributed by atoms with Crippen molar-refractivity contribution in [3.05, 3.63) is 145 Å². The Kier molecular flexibility index (Phi) is 14.1. The fraction of sp³-hybridized carbons (Fsp3) is 0.190. The van der Waals surface area contributed by atoms with E-state index in [2.05, 4.69) is 22.1 Å². The molecule has 0 spiro atoms. The molecule has 9 heterocycles. The summed E-state index contributed by atoms with van der Waals surface area (Å²) in [7, 11) is -18.8. The number of rotatable bonds is 12. The average molecular weight is 911 g/mol. The Morgan fingerprint density at radius 2 is 0.983 bits per heavy atom. The maximum absolute atomic E-state index is 12.1. The summed E-state index contributed by atoms with van der Waals surface area (Å²) < 4.78 is 17.4. The van der Waals surface area contributed by atoms with Gasteiger partial charge >= 0.3 is 35.2 Å². The highest BCUT2D eigenvalue weighted by Crippen LogP contribution is 2.23. The topological polar surface area (TPSA) is 195 Å². The Hall–Kier alpha value is -3.79. The number of unbranched alkanes of at least 4 members (excludes halogenated alkanes) is 1. The fourth-order valence-corrected chi connectivity index (χ4v) is 17.8. The molecule has 2 radical (unpaired) electrons. The van der Waals surface area contributed by atoms with Crippen LogP contribution in [0.5, 0.6) is 0 Å². The molecule has 7 aliphatic rings. The third-order valence-corrected chi connectivity index (χ3v) is 22.3. The third kappa shape index (κ3) is 11.0. The average Bonchev–Trinajstić information content (AvgIpc) is 3.24. The predicted molar refractivity (Wildman–Crippen MR) is 242 cm³/mol. The Labute approximate surface area is 360 Å². The summed E-state index contributed by atoms with van der Waals surface area (Å²) in [5.74, 6) is 1.94. The van der Waals surface area contributed by atoms with E-state index in [9.17, 15) is 33.6 Å². The molecule has 1 atom stereocenters. The molecule has 8 bridgehead atoms. The number of pyridine rings is 2. The van der Waals surface area contributed by atoms with Crippen LogP contribution in [0.25, 0.3) is 33.6 Å². The largest absolute Gasteiger partial charge is 0.524 e. The van der Waals surface area contributed by atoms with Gasteiger partial charge in [-0.3, -0.25) is 9.97 Å². The fourth-order valence-electron chi connectivity index (χ4n) is 6.70. The van der Waals surface area contributed by atoms with Crippen molar-refractivity contribution in [3.63, 3.8) is 0 Å². The molecule has 6 aromatic rings. The molecule has 4 aromatic carbocycles. The monoisotopic (exact) mass is 910 g/mol. The number of hydrogen-bond donors (Lipinski definition) is 7. The van der Waals surface area contributed by atoms with E-state index in [1.54, 1.807) is 60.7 Å². The van der Waals surface area contributed by atoms with Crippen LogP contribution in [0.3, 0.4) is 0 Å². The molecule has 1 unspecified atom stereocenters. The van der Waals surface area contributed by atoms with Gasteiger partial charge in [0.15, 0.2) is 0 Å². The number of benzene rings is 4. The SMILES string of the molecule is Cc1ccnc(-c2cc(CCCCSCCC[Si]O[Si]3(O)O[Si](O)(O)c4ccc(cc4)-c4ccc(cc4)[Si](O)(O)O[Si](O)(O)c4ccc(cc4)-c4ccc3cc4)ccn2)c1. The van der Waals surface area contributed by atoms with Crippen molar-refractivity contribution in [2.75, 3.05) is 11.5 Å². The van der Waals surface area contributed by atoms with Gasteiger partial charge < -0.3 is 45.9 Å². The molecule has 0 amide bonds. The summed E-state index contributed by atoms with van der Waals surface area (Å²) in [6.07, 6.45) is 7.61. The zero-order chi connectivity index (χ0) is 42.4. The summed E-state index contributed by atoms with van der Waals surface area (Å²) in [5.41, 5.74) is 6.89. The second-order valence-corrected chi connectivity index (χ2v) is 26.2. The van der Waals surface area contributed by atoms with Crippen LogP contribution in [0, 0.1) is 6.92 Å². The van der Waals surface area contributed by atoms with Crippen LogP contribution in [0.15, 0.2) is 134 Å². The number of aromatic nitrogens is 2. The first kappa shape index (κ1) is 44.3. The lowest BCUT2D eigenvalue weighted by atomic mass is 10.1. The first-order chi connectivity index (χ1) is 28.7. The number of hydrogen-bond acceptors (Lipinski definition) is 13. The number of aryl methyl sites for hydroxylation is 2. The molecular weight excluding hydrogens is 865 g/mol. The minimum absolute atomic E-state index is 0.00954. The van der Waals surface area contributed by atoms with Gasteiger partial charge in [-0.05, 0) is 108 Å². The maximum atomic E-state index is 12.1. The van der Waals surface area contributed by atoms with E-state index in [1.807, 2.05) is 43.2 Å². The maximum Gasteiger partial charge on any atom is 0.524 e. The van der Waals surface area contributed by atoms with Gasteiger partial charge in [-0.1, -0.05) is 97.1 Å². The van der Waals surface area contributed by atoms with E-state index in [4.69, 9.17) is 12.3 Å². The quantitative estimate of drug-likeness (QED) is 0.0700. The Balaban J connectivity index is 0.995. The minimum atomic E-state index is -4.75. The van der Waals surface area contributed by atoms with Crippen LogP contribution in [-0.2, 0) is 18.8 Å². The number of thioether (sulfide) groups is 1. The van der Waals surface area contributed by atoms with Gasteiger partial charge in [0.05, 0.1) is 11.4 Å². The van der Waals surface area contributed by atoms with Crippen LogP contribution in [0.1, 0.15) is 30.4 Å². The standard InChI is InChI=1S/C42H46N2O10SSi5/c1-31-22-24-43-41(29-31)42-30-32(23-25-44-42)5-2-3-26-55-27-4-28-56-52-60(51)40-20-12-36(13-21-40)35-8-16-38(17-9-35)58(47,48)53-57(45,46)37-14-6-33(7-15-37)34-10-18-39(19-11-34)59(49,50)54-60/h6-25,29-30,45-51H,2-5,26-28H2,1H3. The molecule has 310 valence electrons. The summed E-state index contributed by atoms with van der Waals surface area (Å²) in [6.45, 7) is 2.05. The van der Waals surface area contributed by atoms with E-state index >= 15 is 0 Å². The van der Waals surface area contributed by atoms with Crippen molar-refractivity contribution in [3.8, 4) is 33.6 Å². The van der Waals surface area contributed by atoms with E-state index in [0.717, 1.165) is 54.1 Å². The lowest BCUT2D eigenvalue weighted by Crippen LogP contribution is -2.66. The normalized spacial score (nSPS) is 18.0. The van der Waals surface area contributed by atoms with E-state index in [-0.39, 0.29) is 30.5 Å². The van der Waals surface area contributed by atoms with E-state index in [0.29, 0.717) is 28.3 Å². The second kappa shape index (κ2) is 19.1.